The largest absolute Gasteiger partial charge is 1.00 e. The fourth-order valence-corrected chi connectivity index (χ4v) is 0. The molecule has 0 rings (SSSR count). The SMILES string of the molecule is S=PI.[H-].[Li+]. The van der Waals surface area contributed by atoms with E-state index in [-0.39, 0.29) is 20.3 Å². The van der Waals surface area contributed by atoms with Crippen LogP contribution in [0, 0.1) is 0 Å². The summed E-state index contributed by atoms with van der Waals surface area (Å²) < 4.78 is 0. The zero-order valence-corrected chi connectivity index (χ0v) is 6.10. The summed E-state index contributed by atoms with van der Waals surface area (Å²) in [5.74, 6) is 0. The van der Waals surface area contributed by atoms with Crippen molar-refractivity contribution in [3.63, 3.8) is 0 Å². The van der Waals surface area contributed by atoms with Crippen molar-refractivity contribution in [3.05, 3.63) is 0 Å². The average molecular weight is 198 g/mol. The molecule has 4 heteroatoms. The van der Waals surface area contributed by atoms with E-state index in [2.05, 4.69) is 33.8 Å². The summed E-state index contributed by atoms with van der Waals surface area (Å²) in [7, 11) is 0. The van der Waals surface area contributed by atoms with E-state index in [9.17, 15) is 0 Å². The van der Waals surface area contributed by atoms with E-state index in [1.54, 1.807) is 0 Å². The normalized spacial score (nSPS) is 5.25. The molecular weight excluding hydrogens is 197 g/mol. The molecule has 0 aromatic carbocycles. The molecule has 0 saturated carbocycles. The molecule has 0 aliphatic carbocycles. The number of hydrogen-bond acceptors (Lipinski definition) is 1. The molecule has 0 fully saturated rings. The maximum absolute atomic E-state index is 4.35. The minimum absolute atomic E-state index is 0. The van der Waals surface area contributed by atoms with E-state index >= 15 is 0 Å². The van der Waals surface area contributed by atoms with Gasteiger partial charge in [-0.2, -0.15) is 0 Å². The minimum Gasteiger partial charge on any atom is -1.00 e. The fourth-order valence-electron chi connectivity index (χ4n) is 0. The molecular formula is HILiPS. The van der Waals surface area contributed by atoms with E-state index in [0.29, 0.717) is 0 Å². The van der Waals surface area contributed by atoms with E-state index in [1.165, 1.54) is 0 Å². The first-order chi connectivity index (χ1) is 1.41. The predicted octanol–water partition coefficient (Wildman–Crippen LogP) is -1.14. The van der Waals surface area contributed by atoms with Crippen LogP contribution < -0.4 is 18.9 Å². The molecule has 4 heavy (non-hydrogen) atoms. The Morgan fingerprint density at radius 3 is 2.00 bits per heavy atom. The first-order valence-electron chi connectivity index (χ1n) is 0.352. The number of rotatable bonds is 0. The van der Waals surface area contributed by atoms with Crippen molar-refractivity contribution < 1.29 is 20.3 Å². The molecule has 0 saturated heterocycles. The van der Waals surface area contributed by atoms with Gasteiger partial charge in [-0.25, -0.2) is 0 Å². The van der Waals surface area contributed by atoms with Crippen LogP contribution in [0.2, 0.25) is 0 Å². The second kappa shape index (κ2) is 8.85. The molecule has 0 aromatic rings. The molecule has 20 valence electrons. The van der Waals surface area contributed by atoms with E-state index in [4.69, 9.17) is 0 Å². The Hall–Kier alpha value is 1.85. The van der Waals surface area contributed by atoms with Gasteiger partial charge < -0.3 is 1.43 Å². The molecule has 0 spiro atoms. The van der Waals surface area contributed by atoms with Crippen LogP contribution in [0.15, 0.2) is 0 Å². The van der Waals surface area contributed by atoms with Gasteiger partial charge in [-0.1, -0.05) is 0 Å². The molecule has 0 aliphatic rings. The molecule has 0 nitrogen and oxygen atoms in total. The molecule has 0 aliphatic heterocycles. The van der Waals surface area contributed by atoms with Crippen LogP contribution in [0.5, 0.6) is 0 Å². The van der Waals surface area contributed by atoms with E-state index in [1.807, 2.05) is 0 Å². The smallest absolute Gasteiger partial charge is 1.00 e. The third-order valence-electron chi connectivity index (χ3n) is 0. The second-order valence-electron chi connectivity index (χ2n) is 0.0690. The second-order valence-corrected chi connectivity index (χ2v) is 4.17. The topological polar surface area (TPSA) is 0 Å². The van der Waals surface area contributed by atoms with Gasteiger partial charge in [-0.3, -0.25) is 0 Å². The third-order valence-corrected chi connectivity index (χ3v) is 0. The Balaban J connectivity index is -0.0000000200. The third kappa shape index (κ3) is 9.14. The van der Waals surface area contributed by atoms with Crippen molar-refractivity contribution in [3.8, 4) is 0 Å². The zero-order valence-electron chi connectivity index (χ0n) is 3.23. The molecule has 0 bridgehead atoms. The van der Waals surface area contributed by atoms with Gasteiger partial charge in [0.25, 0.3) is 0 Å². The Labute approximate surface area is 58.7 Å². The zero-order chi connectivity index (χ0) is 2.71. The molecule has 0 amide bonds. The Bertz CT molecular complexity index is 19.1. The molecule has 0 atom stereocenters. The van der Waals surface area contributed by atoms with Crippen LogP contribution in [0.25, 0.3) is 0 Å². The summed E-state index contributed by atoms with van der Waals surface area (Å²) in [6.45, 7) is 0. The molecule has 0 aromatic heterocycles. The molecule has 0 N–H and O–H groups in total. The summed E-state index contributed by atoms with van der Waals surface area (Å²) in [5, 5.41) is 0. The van der Waals surface area contributed by atoms with Crippen LogP contribution >= 0.6 is 27.0 Å². The van der Waals surface area contributed by atoms with E-state index in [0.717, 1.165) is 5.00 Å². The first-order valence-corrected chi connectivity index (χ1v) is 5.04. The molecule has 0 unspecified atom stereocenters. The maximum Gasteiger partial charge on any atom is 1.00 e. The van der Waals surface area contributed by atoms with Gasteiger partial charge in [0.2, 0.25) is 0 Å². The quantitative estimate of drug-likeness (QED) is 0.269. The van der Waals surface area contributed by atoms with Crippen molar-refractivity contribution in [2.45, 2.75) is 0 Å². The Kier molecular flexibility index (Phi) is 20.5. The van der Waals surface area contributed by atoms with Crippen LogP contribution in [0.3, 0.4) is 0 Å². The van der Waals surface area contributed by atoms with Crippen molar-refractivity contribution in [2.24, 2.45) is 0 Å². The summed E-state index contributed by atoms with van der Waals surface area (Å²) in [6.07, 6.45) is 0. The van der Waals surface area contributed by atoms with Gasteiger partial charge in [0.1, 0.15) is 0 Å². The average Bonchev–Trinajstić information content (AvgIpc) is 0.918. The van der Waals surface area contributed by atoms with Gasteiger partial charge >= 0.3 is 18.9 Å². The number of halogens is 1. The van der Waals surface area contributed by atoms with Gasteiger partial charge in [-0.15, -0.1) is 0 Å². The molecule has 0 heterocycles. The minimum atomic E-state index is 0. The standard InChI is InChI=1S/IPS.Li.H/c1-2-3;;/q;+1;-1. The Morgan fingerprint density at radius 1 is 2.00 bits per heavy atom. The van der Waals surface area contributed by atoms with Crippen molar-refractivity contribution in [1.29, 1.82) is 0 Å². The summed E-state index contributed by atoms with van der Waals surface area (Å²) in [6, 6.07) is 0. The first kappa shape index (κ1) is 9.28. The van der Waals surface area contributed by atoms with Gasteiger partial charge in [0.05, 0.1) is 0 Å². The van der Waals surface area contributed by atoms with Gasteiger partial charge in [0.15, 0.2) is 0 Å². The fraction of sp³-hybridized carbons (Fsp3) is 0. The molecule has 0 radical (unpaired) electrons. The summed E-state index contributed by atoms with van der Waals surface area (Å²) in [5.41, 5.74) is 0. The maximum atomic E-state index is 4.35. The summed E-state index contributed by atoms with van der Waals surface area (Å²) in [4.78, 5) is 0.970. The Morgan fingerprint density at radius 2 is 2.00 bits per heavy atom. The van der Waals surface area contributed by atoms with Crippen molar-refractivity contribution in [2.75, 3.05) is 0 Å². The van der Waals surface area contributed by atoms with E-state index < -0.39 is 0 Å². The van der Waals surface area contributed by atoms with Gasteiger partial charge in [0, 0.05) is 5.00 Å². The van der Waals surface area contributed by atoms with Crippen molar-refractivity contribution >= 4 is 38.8 Å². The predicted molar refractivity (Wildman–Crippen MR) is 29.4 cm³/mol. The van der Waals surface area contributed by atoms with Crippen LogP contribution in [-0.4, -0.2) is 0 Å². The summed E-state index contributed by atoms with van der Waals surface area (Å²) >= 11 is 6.43. The van der Waals surface area contributed by atoms with Crippen LogP contribution in [0.4, 0.5) is 0 Å². The van der Waals surface area contributed by atoms with Crippen molar-refractivity contribution in [1.82, 2.24) is 0 Å². The van der Waals surface area contributed by atoms with Crippen LogP contribution in [-0.2, 0) is 11.8 Å². The van der Waals surface area contributed by atoms with Crippen LogP contribution in [0.1, 0.15) is 1.43 Å². The monoisotopic (exact) mass is 198 g/mol. The van der Waals surface area contributed by atoms with Gasteiger partial charge in [-0.05, 0) is 33.8 Å². The number of hydrogen-bond donors (Lipinski definition) is 0.